The summed E-state index contributed by atoms with van der Waals surface area (Å²) in [7, 11) is 0. The van der Waals surface area contributed by atoms with Gasteiger partial charge in [0.1, 0.15) is 12.1 Å². The summed E-state index contributed by atoms with van der Waals surface area (Å²) in [4.78, 5) is 15.7. The van der Waals surface area contributed by atoms with Crippen LogP contribution >= 0.6 is 29.5 Å². The first-order chi connectivity index (χ1) is 15.7. The monoisotopic (exact) mass is 527 g/mol. The molecule has 0 saturated carbocycles. The summed E-state index contributed by atoms with van der Waals surface area (Å²) in [6, 6.07) is 11.1. The molecule has 1 fully saturated rings. The highest BCUT2D eigenvalue weighted by atomic mass is 35.5. The van der Waals surface area contributed by atoms with Gasteiger partial charge in [0.05, 0.1) is 33.2 Å². The van der Waals surface area contributed by atoms with Crippen LogP contribution in [-0.4, -0.2) is 49.2 Å². The van der Waals surface area contributed by atoms with Crippen LogP contribution in [-0.2, 0) is 16.5 Å². The number of anilines is 2. The van der Waals surface area contributed by atoms with Crippen LogP contribution in [0.15, 0.2) is 36.4 Å². The van der Waals surface area contributed by atoms with Crippen LogP contribution < -0.4 is 19.6 Å². The van der Waals surface area contributed by atoms with E-state index in [1.165, 1.54) is 0 Å². The number of carbonyl (C=O) groups is 1. The highest BCUT2D eigenvalue weighted by Crippen LogP contribution is 2.60. The van der Waals surface area contributed by atoms with E-state index in [2.05, 4.69) is 29.5 Å². The number of halogens is 2. The number of ether oxygens (including phenoxy) is 2. The lowest BCUT2D eigenvalue weighted by atomic mass is 10.2. The Morgan fingerprint density at radius 2 is 1.73 bits per heavy atom. The minimum Gasteiger partial charge on any atom is -0.409 e. The number of carbonyl (C=O) groups excluding carboxylic acids is 1. The molecule has 178 valence electrons. The zero-order chi connectivity index (χ0) is 23.9. The van der Waals surface area contributed by atoms with Crippen molar-refractivity contribution in [2.45, 2.75) is 39.9 Å². The van der Waals surface area contributed by atoms with Crippen molar-refractivity contribution >= 4 is 64.1 Å². The van der Waals surface area contributed by atoms with E-state index in [-0.39, 0.29) is 12.2 Å². The maximum atomic E-state index is 13.5. The number of nitrogens with zero attached hydrogens (tertiary/aromatic N) is 3. The van der Waals surface area contributed by atoms with Crippen molar-refractivity contribution < 1.29 is 14.3 Å². The molecule has 4 rings (SSSR count). The number of fused-ring (bicyclic) bond motifs is 1. The lowest BCUT2D eigenvalue weighted by Gasteiger charge is -2.48. The van der Waals surface area contributed by atoms with Gasteiger partial charge in [-0.05, 0) is 58.0 Å². The maximum Gasteiger partial charge on any atom is 0.424 e. The highest BCUT2D eigenvalue weighted by Gasteiger charge is 2.47. The van der Waals surface area contributed by atoms with E-state index in [1.807, 2.05) is 26.0 Å². The van der Waals surface area contributed by atoms with Gasteiger partial charge in [0.25, 0.3) is 0 Å². The van der Waals surface area contributed by atoms with E-state index in [0.29, 0.717) is 34.6 Å². The van der Waals surface area contributed by atoms with Gasteiger partial charge in [0, 0.05) is 37.9 Å². The molecule has 0 aliphatic carbocycles. The second kappa shape index (κ2) is 9.73. The highest BCUT2D eigenvalue weighted by molar-refractivity contribution is 8.18. The smallest absolute Gasteiger partial charge is 0.409 e. The van der Waals surface area contributed by atoms with Crippen molar-refractivity contribution in [3.63, 3.8) is 0 Å². The number of hydrogen-bond acceptors (Lipinski definition) is 5. The van der Waals surface area contributed by atoms with E-state index >= 15 is 0 Å². The topological polar surface area (TPSA) is 45.2 Å². The fourth-order valence-electron chi connectivity index (χ4n) is 4.50. The summed E-state index contributed by atoms with van der Waals surface area (Å²) in [6.45, 7) is 11.2. The molecule has 0 aromatic heterocycles. The molecule has 0 radical (unpaired) electrons. The number of benzene rings is 2. The summed E-state index contributed by atoms with van der Waals surface area (Å²) in [6.07, 6.45) is -3.35. The molecule has 0 N–H and O–H groups in total. The van der Waals surface area contributed by atoms with Crippen LogP contribution in [0.4, 0.5) is 16.2 Å². The molecule has 0 bridgehead atoms. The van der Waals surface area contributed by atoms with Crippen molar-refractivity contribution in [1.82, 2.24) is 4.67 Å². The van der Waals surface area contributed by atoms with Crippen LogP contribution in [0.25, 0.3) is 0 Å². The largest absolute Gasteiger partial charge is 0.424 e. The van der Waals surface area contributed by atoms with Gasteiger partial charge in [0.15, 0.2) is 0 Å². The van der Waals surface area contributed by atoms with Crippen molar-refractivity contribution in [3.8, 4) is 5.75 Å². The SMILES string of the molecule is CCN(CC)c1ccc2c(c1)OC(=O)N(c1ccc(Cl)c(Cl)c1)[P@]2(=S)N1C[C@@H](C)O[C@H](C)C1. The predicted octanol–water partition coefficient (Wildman–Crippen LogP) is 5.90. The van der Waals surface area contributed by atoms with E-state index in [9.17, 15) is 4.79 Å². The molecule has 3 atom stereocenters. The van der Waals surface area contributed by atoms with Gasteiger partial charge in [-0.2, -0.15) is 0 Å². The molecule has 1 saturated heterocycles. The molecular weight excluding hydrogens is 500 g/mol. The Bertz CT molecular complexity index is 1100. The quantitative estimate of drug-likeness (QED) is 0.451. The maximum absolute atomic E-state index is 13.5. The van der Waals surface area contributed by atoms with E-state index in [0.717, 1.165) is 24.1 Å². The molecule has 10 heteroatoms. The second-order valence-corrected chi connectivity index (χ2v) is 13.2. The standard InChI is InChI=1S/C23H28Cl2N3O3PS/c1-5-26(6-2)17-8-10-22-21(12-17)31-23(29)28(18-7-9-19(24)20(25)11-18)32(22,33)27-13-15(3)30-16(4)14-27/h7-12,15-16H,5-6,13-14H2,1-4H3/t15-,16-,32-/m1/s1. The predicted molar refractivity (Wildman–Crippen MR) is 140 cm³/mol. The number of amides is 1. The van der Waals surface area contributed by atoms with Crippen LogP contribution in [0, 0.1) is 0 Å². The molecule has 33 heavy (non-hydrogen) atoms. The Hall–Kier alpha value is -1.34. The molecule has 0 unspecified atom stereocenters. The third-order valence-corrected chi connectivity index (χ3v) is 11.5. The average Bonchev–Trinajstić information content (AvgIpc) is 2.76. The molecule has 2 aromatic carbocycles. The third-order valence-electron chi connectivity index (χ3n) is 5.96. The molecule has 2 aliphatic rings. The molecule has 2 heterocycles. The molecule has 2 aromatic rings. The minimum atomic E-state index is -2.82. The Morgan fingerprint density at radius 1 is 1.06 bits per heavy atom. The molecule has 2 aliphatic heterocycles. The lowest BCUT2D eigenvalue weighted by Crippen LogP contribution is -2.52. The molecule has 6 nitrogen and oxygen atoms in total. The van der Waals surface area contributed by atoms with Gasteiger partial charge < -0.3 is 14.4 Å². The molecular formula is C23H28Cl2N3O3PS. The van der Waals surface area contributed by atoms with Gasteiger partial charge in [-0.25, -0.2) is 9.46 Å². The van der Waals surface area contributed by atoms with Crippen LogP contribution in [0.2, 0.25) is 10.0 Å². The van der Waals surface area contributed by atoms with E-state index in [4.69, 9.17) is 44.5 Å². The fourth-order valence-corrected chi connectivity index (χ4v) is 9.17. The molecule has 0 spiro atoms. The van der Waals surface area contributed by atoms with Crippen molar-refractivity contribution in [2.75, 3.05) is 35.7 Å². The van der Waals surface area contributed by atoms with Gasteiger partial charge in [-0.3, -0.25) is 4.67 Å². The Balaban J connectivity index is 1.90. The number of rotatable bonds is 5. The first-order valence-electron chi connectivity index (χ1n) is 11.1. The summed E-state index contributed by atoms with van der Waals surface area (Å²) >= 11 is 19.0. The van der Waals surface area contributed by atoms with E-state index in [1.54, 1.807) is 22.9 Å². The summed E-state index contributed by atoms with van der Waals surface area (Å²) < 4.78 is 15.7. The Morgan fingerprint density at radius 3 is 2.33 bits per heavy atom. The number of hydrogen-bond donors (Lipinski definition) is 0. The normalized spacial score (nSPS) is 25.5. The van der Waals surface area contributed by atoms with Crippen LogP contribution in [0.1, 0.15) is 27.7 Å². The van der Waals surface area contributed by atoms with Crippen LogP contribution in [0.3, 0.4) is 0 Å². The van der Waals surface area contributed by atoms with Gasteiger partial charge in [0.2, 0.25) is 0 Å². The van der Waals surface area contributed by atoms with Crippen molar-refractivity contribution in [2.24, 2.45) is 0 Å². The van der Waals surface area contributed by atoms with Crippen LogP contribution in [0.5, 0.6) is 5.75 Å². The summed E-state index contributed by atoms with van der Waals surface area (Å²) in [5.74, 6) is 0.524. The average molecular weight is 528 g/mol. The lowest BCUT2D eigenvalue weighted by molar-refractivity contribution is -0.0432. The first kappa shape index (κ1) is 24.8. The van der Waals surface area contributed by atoms with Gasteiger partial charge >= 0.3 is 6.09 Å². The minimum absolute atomic E-state index is 0.0134. The zero-order valence-electron chi connectivity index (χ0n) is 19.1. The van der Waals surface area contributed by atoms with Crippen molar-refractivity contribution in [3.05, 3.63) is 46.4 Å². The molecule has 1 amide bonds. The zero-order valence-corrected chi connectivity index (χ0v) is 22.3. The third kappa shape index (κ3) is 4.52. The summed E-state index contributed by atoms with van der Waals surface area (Å²) in [5.41, 5.74) is 1.57. The van der Waals surface area contributed by atoms with Gasteiger partial charge in [-0.1, -0.05) is 35.0 Å². The first-order valence-corrected chi connectivity index (χ1v) is 14.5. The van der Waals surface area contributed by atoms with Gasteiger partial charge in [-0.15, -0.1) is 0 Å². The Labute approximate surface area is 210 Å². The summed E-state index contributed by atoms with van der Waals surface area (Å²) in [5, 5.41) is 1.62. The fraction of sp³-hybridized carbons (Fsp3) is 0.435. The second-order valence-electron chi connectivity index (χ2n) is 8.28. The van der Waals surface area contributed by atoms with E-state index < -0.39 is 12.4 Å². The van der Waals surface area contributed by atoms with Crippen molar-refractivity contribution in [1.29, 1.82) is 0 Å². The number of morpholine rings is 1. The Kier molecular flexibility index (Phi) is 7.30.